The quantitative estimate of drug-likeness (QED) is 0.748. The molecule has 1 heterocycles. The highest BCUT2D eigenvalue weighted by Gasteiger charge is 2.50. The van der Waals surface area contributed by atoms with Crippen LogP contribution in [0, 0.1) is 25.2 Å². The van der Waals surface area contributed by atoms with Crippen molar-refractivity contribution in [1.29, 1.82) is 0 Å². The lowest BCUT2D eigenvalue weighted by molar-refractivity contribution is 0.0403. The van der Waals surface area contributed by atoms with E-state index >= 15 is 0 Å². The van der Waals surface area contributed by atoms with Crippen molar-refractivity contribution in [2.75, 3.05) is 12.5 Å². The maximum Gasteiger partial charge on any atom is 0.0674 e. The van der Waals surface area contributed by atoms with Crippen LogP contribution < -0.4 is 0 Å². The Morgan fingerprint density at radius 1 is 1.21 bits per heavy atom. The van der Waals surface area contributed by atoms with Gasteiger partial charge in [-0.2, -0.15) is 0 Å². The van der Waals surface area contributed by atoms with E-state index in [4.69, 9.17) is 16.3 Å². The average molecular weight is 279 g/mol. The van der Waals surface area contributed by atoms with Crippen molar-refractivity contribution in [3.05, 3.63) is 34.9 Å². The molecule has 3 rings (SSSR count). The van der Waals surface area contributed by atoms with Gasteiger partial charge in [-0.1, -0.05) is 29.3 Å². The summed E-state index contributed by atoms with van der Waals surface area (Å²) in [6, 6.07) is 6.85. The van der Waals surface area contributed by atoms with Crippen molar-refractivity contribution in [3.8, 4) is 0 Å². The molecule has 1 aliphatic carbocycles. The molecule has 1 aliphatic heterocycles. The Morgan fingerprint density at radius 3 is 2.47 bits per heavy atom. The molecule has 0 spiro atoms. The lowest BCUT2D eigenvalue weighted by Crippen LogP contribution is -2.36. The molecular formula is C17H23ClO. The molecule has 104 valence electrons. The minimum Gasteiger partial charge on any atom is -0.377 e. The minimum atomic E-state index is 0.170. The zero-order chi connectivity index (χ0) is 13.5. The molecule has 1 aromatic rings. The largest absolute Gasteiger partial charge is 0.377 e. The first-order valence-electron chi connectivity index (χ1n) is 7.38. The number of hydrogen-bond donors (Lipinski definition) is 0. The lowest BCUT2D eigenvalue weighted by Gasteiger charge is -2.32. The van der Waals surface area contributed by atoms with E-state index in [1.54, 1.807) is 0 Å². The number of aryl methyl sites for hydroxylation is 2. The Kier molecular flexibility index (Phi) is 3.61. The van der Waals surface area contributed by atoms with E-state index in [1.807, 2.05) is 0 Å². The van der Waals surface area contributed by atoms with Crippen LogP contribution >= 0.6 is 11.6 Å². The third-order valence-corrected chi connectivity index (χ3v) is 5.19. The molecule has 0 amide bonds. The summed E-state index contributed by atoms with van der Waals surface area (Å²) in [4.78, 5) is 0. The fourth-order valence-electron chi connectivity index (χ4n) is 3.70. The van der Waals surface area contributed by atoms with Gasteiger partial charge in [0.05, 0.1) is 6.10 Å². The molecule has 2 unspecified atom stereocenters. The molecule has 1 aromatic carbocycles. The molecule has 0 bridgehead atoms. The Morgan fingerprint density at radius 2 is 1.89 bits per heavy atom. The molecule has 19 heavy (non-hydrogen) atoms. The highest BCUT2D eigenvalue weighted by Crippen LogP contribution is 2.50. The number of rotatable bonds is 4. The molecule has 0 N–H and O–H groups in total. The number of halogens is 1. The number of alkyl halides is 1. The van der Waals surface area contributed by atoms with Crippen LogP contribution in [0.1, 0.15) is 36.0 Å². The standard InChI is InChI=1S/C17H23ClO/c1-12-7-13(2)9-14(8-12)10-17(11-18)5-6-19-16(17)15-3-4-15/h7-9,15-16H,3-6,10-11H2,1-2H3. The van der Waals surface area contributed by atoms with Crippen LogP contribution in [0.25, 0.3) is 0 Å². The van der Waals surface area contributed by atoms with E-state index in [0.29, 0.717) is 6.10 Å². The first-order valence-corrected chi connectivity index (χ1v) is 7.91. The first kappa shape index (κ1) is 13.5. The van der Waals surface area contributed by atoms with Gasteiger partial charge >= 0.3 is 0 Å². The second kappa shape index (κ2) is 5.10. The number of benzene rings is 1. The highest BCUT2D eigenvalue weighted by atomic mass is 35.5. The van der Waals surface area contributed by atoms with E-state index in [1.165, 1.54) is 29.5 Å². The van der Waals surface area contributed by atoms with Crippen LogP contribution in [0.4, 0.5) is 0 Å². The van der Waals surface area contributed by atoms with E-state index in [0.717, 1.165) is 31.2 Å². The van der Waals surface area contributed by atoms with Crippen LogP contribution in [0.15, 0.2) is 18.2 Å². The molecule has 2 heteroatoms. The monoisotopic (exact) mass is 278 g/mol. The van der Waals surface area contributed by atoms with E-state index in [9.17, 15) is 0 Å². The molecule has 1 saturated carbocycles. The van der Waals surface area contributed by atoms with Gasteiger partial charge in [0, 0.05) is 17.9 Å². The predicted octanol–water partition coefficient (Wildman–Crippen LogP) is 4.27. The normalized spacial score (nSPS) is 30.8. The second-order valence-corrected chi connectivity index (χ2v) is 6.81. The van der Waals surface area contributed by atoms with E-state index in [2.05, 4.69) is 32.0 Å². The molecule has 2 fully saturated rings. The smallest absolute Gasteiger partial charge is 0.0674 e. The summed E-state index contributed by atoms with van der Waals surface area (Å²) >= 11 is 6.38. The van der Waals surface area contributed by atoms with Crippen molar-refractivity contribution in [2.45, 2.75) is 45.6 Å². The summed E-state index contributed by atoms with van der Waals surface area (Å²) in [5.74, 6) is 1.49. The summed E-state index contributed by atoms with van der Waals surface area (Å²) in [7, 11) is 0. The molecule has 0 aromatic heterocycles. The maximum atomic E-state index is 6.38. The van der Waals surface area contributed by atoms with Crippen LogP contribution in [0.2, 0.25) is 0 Å². The van der Waals surface area contributed by atoms with Crippen molar-refractivity contribution < 1.29 is 4.74 Å². The van der Waals surface area contributed by atoms with Crippen molar-refractivity contribution >= 4 is 11.6 Å². The van der Waals surface area contributed by atoms with Gasteiger partial charge in [0.1, 0.15) is 0 Å². The van der Waals surface area contributed by atoms with Crippen molar-refractivity contribution in [2.24, 2.45) is 11.3 Å². The van der Waals surface area contributed by atoms with Gasteiger partial charge in [-0.05, 0) is 51.0 Å². The van der Waals surface area contributed by atoms with Gasteiger partial charge in [-0.15, -0.1) is 11.6 Å². The average Bonchev–Trinajstić information content (AvgIpc) is 3.10. The third kappa shape index (κ3) is 2.68. The molecule has 1 nitrogen and oxygen atoms in total. The first-order chi connectivity index (χ1) is 9.13. The summed E-state index contributed by atoms with van der Waals surface area (Å²) in [5, 5.41) is 0. The second-order valence-electron chi connectivity index (χ2n) is 6.55. The van der Waals surface area contributed by atoms with Gasteiger partial charge in [-0.3, -0.25) is 0 Å². The summed E-state index contributed by atoms with van der Waals surface area (Å²) < 4.78 is 6.03. The lowest BCUT2D eigenvalue weighted by atomic mass is 9.75. The molecule has 2 aliphatic rings. The summed E-state index contributed by atoms with van der Waals surface area (Å²) in [5.41, 5.74) is 4.29. The molecular weight excluding hydrogens is 256 g/mol. The number of hydrogen-bond acceptors (Lipinski definition) is 1. The molecule has 1 saturated heterocycles. The Balaban J connectivity index is 1.85. The zero-order valence-electron chi connectivity index (χ0n) is 11.9. The highest BCUT2D eigenvalue weighted by molar-refractivity contribution is 6.18. The Bertz CT molecular complexity index is 446. The third-order valence-electron chi connectivity index (χ3n) is 4.65. The van der Waals surface area contributed by atoms with Gasteiger partial charge in [-0.25, -0.2) is 0 Å². The zero-order valence-corrected chi connectivity index (χ0v) is 12.7. The predicted molar refractivity (Wildman–Crippen MR) is 79.9 cm³/mol. The van der Waals surface area contributed by atoms with Crippen molar-refractivity contribution in [1.82, 2.24) is 0 Å². The van der Waals surface area contributed by atoms with Crippen LogP contribution in [0.5, 0.6) is 0 Å². The van der Waals surface area contributed by atoms with E-state index in [-0.39, 0.29) is 5.41 Å². The SMILES string of the molecule is Cc1cc(C)cc(CC2(CCl)CCOC2C2CC2)c1. The van der Waals surface area contributed by atoms with E-state index < -0.39 is 0 Å². The van der Waals surface area contributed by atoms with Gasteiger partial charge in [0.15, 0.2) is 0 Å². The summed E-state index contributed by atoms with van der Waals surface area (Å²) in [6.07, 6.45) is 5.24. The topological polar surface area (TPSA) is 9.23 Å². The molecule has 0 radical (unpaired) electrons. The van der Waals surface area contributed by atoms with Gasteiger partial charge in [0.25, 0.3) is 0 Å². The summed E-state index contributed by atoms with van der Waals surface area (Å²) in [6.45, 7) is 5.24. The molecule has 2 atom stereocenters. The van der Waals surface area contributed by atoms with Gasteiger partial charge in [0.2, 0.25) is 0 Å². The van der Waals surface area contributed by atoms with Crippen LogP contribution in [-0.4, -0.2) is 18.6 Å². The fourth-order valence-corrected chi connectivity index (χ4v) is 4.08. The van der Waals surface area contributed by atoms with Crippen LogP contribution in [0.3, 0.4) is 0 Å². The maximum absolute atomic E-state index is 6.38. The van der Waals surface area contributed by atoms with Gasteiger partial charge < -0.3 is 4.74 Å². The fraction of sp³-hybridized carbons (Fsp3) is 0.647. The Labute approximate surface area is 121 Å². The van der Waals surface area contributed by atoms with Crippen molar-refractivity contribution in [3.63, 3.8) is 0 Å². The Hall–Kier alpha value is -0.530. The minimum absolute atomic E-state index is 0.170. The number of ether oxygens (including phenoxy) is 1. The van der Waals surface area contributed by atoms with Crippen LogP contribution in [-0.2, 0) is 11.2 Å².